The Labute approximate surface area is 101 Å². The predicted octanol–water partition coefficient (Wildman–Crippen LogP) is 0.321. The van der Waals surface area contributed by atoms with Crippen LogP contribution in [-0.2, 0) is 14.8 Å². The third-order valence-corrected chi connectivity index (χ3v) is 4.11. The molecule has 17 heavy (non-hydrogen) atoms. The number of nitrogen functional groups attached to an aromatic ring is 1. The van der Waals surface area contributed by atoms with Gasteiger partial charge in [-0.1, -0.05) is 0 Å². The van der Waals surface area contributed by atoms with E-state index in [2.05, 4.69) is 4.98 Å². The van der Waals surface area contributed by atoms with E-state index in [1.165, 1.54) is 23.6 Å². The Bertz CT molecular complexity index is 462. The number of hydrogen-bond donors (Lipinski definition) is 1. The first kappa shape index (κ1) is 13.9. The molecule has 0 aliphatic heterocycles. The van der Waals surface area contributed by atoms with Crippen molar-refractivity contribution in [3.05, 3.63) is 18.3 Å². The highest BCUT2D eigenvalue weighted by Crippen LogP contribution is 2.17. The van der Waals surface area contributed by atoms with Crippen molar-refractivity contribution in [2.24, 2.45) is 0 Å². The molecule has 1 rings (SSSR count). The maximum absolute atomic E-state index is 12.1. The molecule has 7 heteroatoms. The van der Waals surface area contributed by atoms with Gasteiger partial charge in [-0.3, -0.25) is 0 Å². The van der Waals surface area contributed by atoms with Gasteiger partial charge in [0.2, 0.25) is 0 Å². The lowest BCUT2D eigenvalue weighted by molar-refractivity contribution is 0.189. The Morgan fingerprint density at radius 1 is 1.53 bits per heavy atom. The van der Waals surface area contributed by atoms with Gasteiger partial charge in [-0.15, -0.1) is 0 Å². The van der Waals surface area contributed by atoms with Crippen LogP contribution in [0.5, 0.6) is 0 Å². The van der Waals surface area contributed by atoms with Gasteiger partial charge in [-0.25, -0.2) is 13.4 Å². The number of methoxy groups -OCH3 is 1. The van der Waals surface area contributed by atoms with Crippen LogP contribution >= 0.6 is 0 Å². The highest BCUT2D eigenvalue weighted by Gasteiger charge is 2.23. The molecule has 0 atom stereocenters. The van der Waals surface area contributed by atoms with Crippen molar-refractivity contribution in [1.29, 1.82) is 0 Å². The van der Waals surface area contributed by atoms with Crippen LogP contribution in [0.3, 0.4) is 0 Å². The molecule has 0 fully saturated rings. The van der Waals surface area contributed by atoms with Gasteiger partial charge in [-0.05, 0) is 18.6 Å². The molecule has 0 saturated heterocycles. The number of hydrogen-bond acceptors (Lipinski definition) is 5. The van der Waals surface area contributed by atoms with Gasteiger partial charge in [-0.2, -0.15) is 4.31 Å². The Hall–Kier alpha value is -1.18. The van der Waals surface area contributed by atoms with Gasteiger partial charge in [0.15, 0.2) is 5.03 Å². The zero-order valence-corrected chi connectivity index (χ0v) is 10.8. The van der Waals surface area contributed by atoms with Gasteiger partial charge in [0, 0.05) is 33.5 Å². The Morgan fingerprint density at radius 2 is 2.24 bits per heavy atom. The molecule has 0 spiro atoms. The number of rotatable bonds is 6. The summed E-state index contributed by atoms with van der Waals surface area (Å²) >= 11 is 0. The SMILES string of the molecule is COCCCN(C)S(=O)(=O)c1ncccc1N. The van der Waals surface area contributed by atoms with Crippen molar-refractivity contribution >= 4 is 15.7 Å². The van der Waals surface area contributed by atoms with Crippen LogP contribution in [0.4, 0.5) is 5.69 Å². The number of nitrogens with two attached hydrogens (primary N) is 1. The van der Waals surface area contributed by atoms with Crippen LogP contribution in [0.15, 0.2) is 23.4 Å². The van der Waals surface area contributed by atoms with Crippen LogP contribution in [0, 0.1) is 0 Å². The van der Waals surface area contributed by atoms with Gasteiger partial charge < -0.3 is 10.5 Å². The van der Waals surface area contributed by atoms with E-state index >= 15 is 0 Å². The van der Waals surface area contributed by atoms with E-state index in [1.807, 2.05) is 0 Å². The van der Waals surface area contributed by atoms with E-state index in [-0.39, 0.29) is 10.7 Å². The molecule has 1 aromatic heterocycles. The summed E-state index contributed by atoms with van der Waals surface area (Å²) in [7, 11) is -0.535. The Balaban J connectivity index is 2.85. The van der Waals surface area contributed by atoms with Crippen molar-refractivity contribution in [2.45, 2.75) is 11.4 Å². The molecular formula is C10H17N3O3S. The molecule has 1 aromatic rings. The van der Waals surface area contributed by atoms with E-state index < -0.39 is 10.0 Å². The molecule has 0 amide bonds. The third-order valence-electron chi connectivity index (χ3n) is 2.28. The highest BCUT2D eigenvalue weighted by atomic mass is 32.2. The van der Waals surface area contributed by atoms with Crippen molar-refractivity contribution in [3.63, 3.8) is 0 Å². The molecule has 0 aromatic carbocycles. The van der Waals surface area contributed by atoms with Crippen LogP contribution < -0.4 is 5.73 Å². The maximum Gasteiger partial charge on any atom is 0.262 e. The summed E-state index contributed by atoms with van der Waals surface area (Å²) in [5.41, 5.74) is 5.76. The fraction of sp³-hybridized carbons (Fsp3) is 0.500. The first-order chi connectivity index (χ1) is 8.00. The molecule has 0 aliphatic carbocycles. The largest absolute Gasteiger partial charge is 0.396 e. The average Bonchev–Trinajstić information content (AvgIpc) is 2.29. The first-order valence-corrected chi connectivity index (χ1v) is 6.60. The molecule has 96 valence electrons. The number of anilines is 1. The fourth-order valence-corrected chi connectivity index (χ4v) is 2.54. The van der Waals surface area contributed by atoms with E-state index in [0.717, 1.165) is 0 Å². The summed E-state index contributed by atoms with van der Waals surface area (Å²) in [6.07, 6.45) is 2.03. The number of ether oxygens (including phenoxy) is 1. The number of sulfonamides is 1. The van der Waals surface area contributed by atoms with Crippen molar-refractivity contribution < 1.29 is 13.2 Å². The number of nitrogens with zero attached hydrogens (tertiary/aromatic N) is 2. The molecule has 2 N–H and O–H groups in total. The van der Waals surface area contributed by atoms with Crippen LogP contribution in [0.25, 0.3) is 0 Å². The molecule has 0 radical (unpaired) electrons. The van der Waals surface area contributed by atoms with Gasteiger partial charge in [0.1, 0.15) is 0 Å². The summed E-state index contributed by atoms with van der Waals surface area (Å²) in [6.45, 7) is 0.879. The molecule has 0 saturated carbocycles. The van der Waals surface area contributed by atoms with E-state index in [9.17, 15) is 8.42 Å². The van der Waals surface area contributed by atoms with E-state index in [0.29, 0.717) is 19.6 Å². The Kier molecular flexibility index (Phi) is 4.86. The second-order valence-corrected chi connectivity index (χ2v) is 5.53. The topological polar surface area (TPSA) is 85.5 Å². The average molecular weight is 259 g/mol. The molecule has 6 nitrogen and oxygen atoms in total. The second kappa shape index (κ2) is 5.95. The van der Waals surface area contributed by atoms with Crippen LogP contribution in [0.2, 0.25) is 0 Å². The number of aromatic nitrogens is 1. The minimum absolute atomic E-state index is 0.0973. The summed E-state index contributed by atoms with van der Waals surface area (Å²) < 4.78 is 30.3. The standard InChI is InChI=1S/C10H17N3O3S/c1-13(7-4-8-16-2)17(14,15)10-9(11)5-3-6-12-10/h3,5-6H,4,7-8,11H2,1-2H3. The lowest BCUT2D eigenvalue weighted by atomic mass is 10.4. The summed E-state index contributed by atoms with van der Waals surface area (Å²) in [5, 5.41) is -0.0973. The monoisotopic (exact) mass is 259 g/mol. The van der Waals surface area contributed by atoms with Crippen LogP contribution in [0.1, 0.15) is 6.42 Å². The molecule has 0 bridgehead atoms. The number of pyridine rings is 1. The highest BCUT2D eigenvalue weighted by molar-refractivity contribution is 7.89. The zero-order chi connectivity index (χ0) is 12.9. The third kappa shape index (κ3) is 3.39. The minimum Gasteiger partial charge on any atom is -0.396 e. The maximum atomic E-state index is 12.1. The van der Waals surface area contributed by atoms with Crippen molar-refractivity contribution in [2.75, 3.05) is 33.0 Å². The van der Waals surface area contributed by atoms with Gasteiger partial charge in [0.05, 0.1) is 5.69 Å². The van der Waals surface area contributed by atoms with E-state index in [1.54, 1.807) is 13.2 Å². The summed E-state index contributed by atoms with van der Waals surface area (Å²) in [5.74, 6) is 0. The zero-order valence-electron chi connectivity index (χ0n) is 9.96. The quantitative estimate of drug-likeness (QED) is 0.744. The lowest BCUT2D eigenvalue weighted by Gasteiger charge is -2.17. The van der Waals surface area contributed by atoms with Crippen LogP contribution in [-0.4, -0.2) is 45.0 Å². The Morgan fingerprint density at radius 3 is 2.82 bits per heavy atom. The lowest BCUT2D eigenvalue weighted by Crippen LogP contribution is -2.29. The van der Waals surface area contributed by atoms with Gasteiger partial charge in [0.25, 0.3) is 10.0 Å². The second-order valence-electron chi connectivity index (χ2n) is 3.57. The predicted molar refractivity (Wildman–Crippen MR) is 65.0 cm³/mol. The molecule has 1 heterocycles. The first-order valence-electron chi connectivity index (χ1n) is 5.16. The summed E-state index contributed by atoms with van der Waals surface area (Å²) in [4.78, 5) is 3.81. The normalized spacial score (nSPS) is 11.9. The summed E-state index contributed by atoms with van der Waals surface area (Å²) in [6, 6.07) is 3.11. The van der Waals surface area contributed by atoms with Crippen molar-refractivity contribution in [1.82, 2.24) is 9.29 Å². The molecular weight excluding hydrogens is 242 g/mol. The smallest absolute Gasteiger partial charge is 0.262 e. The fourth-order valence-electron chi connectivity index (χ4n) is 1.32. The molecule has 0 unspecified atom stereocenters. The molecule has 0 aliphatic rings. The minimum atomic E-state index is -3.61. The van der Waals surface area contributed by atoms with E-state index in [4.69, 9.17) is 10.5 Å². The van der Waals surface area contributed by atoms with Crippen molar-refractivity contribution in [3.8, 4) is 0 Å². The van der Waals surface area contributed by atoms with Gasteiger partial charge >= 0.3 is 0 Å².